The van der Waals surface area contributed by atoms with Crippen LogP contribution < -0.4 is 9.47 Å². The summed E-state index contributed by atoms with van der Waals surface area (Å²) in [5.41, 5.74) is 1.23. The molecule has 2 nitrogen and oxygen atoms in total. The standard InChI is InChI=1S/C24H35ClO2/c1-3-5-6-7-12-18-27-24-20(4-2)19-23(26-17-13-8-11-16-25)21-14-9-10-15-22(21)24/h9-10,14-15,19H,3-8,11-13,16-18H2,1-2H3. The summed E-state index contributed by atoms with van der Waals surface area (Å²) in [6, 6.07) is 10.6. The molecule has 0 amide bonds. The predicted molar refractivity (Wildman–Crippen MR) is 118 cm³/mol. The van der Waals surface area contributed by atoms with Crippen molar-refractivity contribution in [1.29, 1.82) is 0 Å². The van der Waals surface area contributed by atoms with E-state index in [1.54, 1.807) is 0 Å². The summed E-state index contributed by atoms with van der Waals surface area (Å²) < 4.78 is 12.4. The number of hydrogen-bond acceptors (Lipinski definition) is 2. The van der Waals surface area contributed by atoms with E-state index in [1.165, 1.54) is 36.6 Å². The molecule has 0 aliphatic rings. The molecule has 0 unspecified atom stereocenters. The Morgan fingerprint density at radius 3 is 2.15 bits per heavy atom. The second-order valence-corrected chi connectivity index (χ2v) is 7.50. The Bertz CT molecular complexity index is 669. The van der Waals surface area contributed by atoms with Crippen molar-refractivity contribution < 1.29 is 9.47 Å². The van der Waals surface area contributed by atoms with E-state index in [0.717, 1.165) is 68.1 Å². The van der Waals surface area contributed by atoms with Gasteiger partial charge in [-0.15, -0.1) is 11.6 Å². The van der Waals surface area contributed by atoms with Crippen LogP contribution in [0.15, 0.2) is 30.3 Å². The highest BCUT2D eigenvalue weighted by Crippen LogP contribution is 2.37. The Hall–Kier alpha value is -1.41. The van der Waals surface area contributed by atoms with Crippen LogP contribution in [0.5, 0.6) is 11.5 Å². The first-order valence-corrected chi connectivity index (χ1v) is 11.2. The third-order valence-corrected chi connectivity index (χ3v) is 5.21. The molecule has 0 atom stereocenters. The lowest BCUT2D eigenvalue weighted by Crippen LogP contribution is -2.03. The summed E-state index contributed by atoms with van der Waals surface area (Å²) in [5, 5.41) is 2.31. The highest BCUT2D eigenvalue weighted by Gasteiger charge is 2.13. The molecule has 0 heterocycles. The Morgan fingerprint density at radius 2 is 1.44 bits per heavy atom. The monoisotopic (exact) mass is 390 g/mol. The molecule has 3 heteroatoms. The van der Waals surface area contributed by atoms with Gasteiger partial charge < -0.3 is 9.47 Å². The largest absolute Gasteiger partial charge is 0.493 e. The van der Waals surface area contributed by atoms with Crippen molar-refractivity contribution in [1.82, 2.24) is 0 Å². The fourth-order valence-electron chi connectivity index (χ4n) is 3.36. The van der Waals surface area contributed by atoms with E-state index in [9.17, 15) is 0 Å². The molecular weight excluding hydrogens is 356 g/mol. The lowest BCUT2D eigenvalue weighted by molar-refractivity contribution is 0.300. The number of alkyl halides is 1. The molecule has 0 spiro atoms. The van der Waals surface area contributed by atoms with Gasteiger partial charge in [-0.3, -0.25) is 0 Å². The van der Waals surface area contributed by atoms with Crippen LogP contribution in [0.4, 0.5) is 0 Å². The van der Waals surface area contributed by atoms with E-state index in [4.69, 9.17) is 21.1 Å². The molecule has 2 rings (SSSR count). The van der Waals surface area contributed by atoms with Crippen molar-refractivity contribution in [3.63, 3.8) is 0 Å². The van der Waals surface area contributed by atoms with Crippen molar-refractivity contribution in [3.8, 4) is 11.5 Å². The molecule has 0 fully saturated rings. The smallest absolute Gasteiger partial charge is 0.130 e. The number of rotatable bonds is 14. The molecule has 2 aromatic rings. The first-order valence-electron chi connectivity index (χ1n) is 10.7. The molecule has 0 aliphatic heterocycles. The third kappa shape index (κ3) is 6.92. The second-order valence-electron chi connectivity index (χ2n) is 7.12. The van der Waals surface area contributed by atoms with Gasteiger partial charge in [-0.2, -0.15) is 0 Å². The minimum Gasteiger partial charge on any atom is -0.493 e. The number of fused-ring (bicyclic) bond motifs is 1. The zero-order chi connectivity index (χ0) is 19.3. The van der Waals surface area contributed by atoms with Gasteiger partial charge in [-0.1, -0.05) is 63.8 Å². The number of ether oxygens (including phenoxy) is 2. The molecule has 150 valence electrons. The van der Waals surface area contributed by atoms with Crippen molar-refractivity contribution in [2.24, 2.45) is 0 Å². The van der Waals surface area contributed by atoms with Crippen LogP contribution in [0.3, 0.4) is 0 Å². The zero-order valence-electron chi connectivity index (χ0n) is 17.1. The van der Waals surface area contributed by atoms with Crippen molar-refractivity contribution >= 4 is 22.4 Å². The van der Waals surface area contributed by atoms with Gasteiger partial charge in [0.1, 0.15) is 11.5 Å². The average Bonchev–Trinajstić information content (AvgIpc) is 2.71. The second kappa shape index (κ2) is 12.9. The molecule has 0 radical (unpaired) electrons. The van der Waals surface area contributed by atoms with E-state index in [1.807, 2.05) is 0 Å². The molecule has 0 saturated carbocycles. The maximum Gasteiger partial charge on any atom is 0.130 e. The molecule has 0 aromatic heterocycles. The van der Waals surface area contributed by atoms with E-state index in [2.05, 4.69) is 44.2 Å². The summed E-state index contributed by atoms with van der Waals surface area (Å²) in [6.45, 7) is 5.96. The van der Waals surface area contributed by atoms with Crippen LogP contribution in [0.1, 0.15) is 70.8 Å². The number of unbranched alkanes of at least 4 members (excludes halogenated alkanes) is 6. The molecule has 0 saturated heterocycles. The van der Waals surface area contributed by atoms with Gasteiger partial charge >= 0.3 is 0 Å². The predicted octanol–water partition coefficient (Wildman–Crippen LogP) is 7.54. The number of benzene rings is 2. The van der Waals surface area contributed by atoms with E-state index >= 15 is 0 Å². The van der Waals surface area contributed by atoms with Gasteiger partial charge in [0.15, 0.2) is 0 Å². The first-order chi connectivity index (χ1) is 13.3. The summed E-state index contributed by atoms with van der Waals surface area (Å²) in [6.07, 6.45) is 10.4. The Kier molecular flexibility index (Phi) is 10.4. The van der Waals surface area contributed by atoms with E-state index < -0.39 is 0 Å². The van der Waals surface area contributed by atoms with Crippen LogP contribution in [-0.2, 0) is 6.42 Å². The van der Waals surface area contributed by atoms with Gasteiger partial charge in [0.25, 0.3) is 0 Å². The van der Waals surface area contributed by atoms with Gasteiger partial charge in [0, 0.05) is 16.7 Å². The fraction of sp³-hybridized carbons (Fsp3) is 0.583. The van der Waals surface area contributed by atoms with Crippen LogP contribution in [-0.4, -0.2) is 19.1 Å². The number of hydrogen-bond donors (Lipinski definition) is 0. The maximum absolute atomic E-state index is 6.26. The van der Waals surface area contributed by atoms with Crippen LogP contribution in [0.2, 0.25) is 0 Å². The van der Waals surface area contributed by atoms with Crippen LogP contribution in [0, 0.1) is 0 Å². The lowest BCUT2D eigenvalue weighted by Gasteiger charge is -2.17. The summed E-state index contributed by atoms with van der Waals surface area (Å²) in [7, 11) is 0. The van der Waals surface area contributed by atoms with Gasteiger partial charge in [0.05, 0.1) is 13.2 Å². The Morgan fingerprint density at radius 1 is 0.778 bits per heavy atom. The number of halogens is 1. The van der Waals surface area contributed by atoms with Crippen molar-refractivity contribution in [2.45, 2.75) is 71.6 Å². The van der Waals surface area contributed by atoms with Gasteiger partial charge in [-0.05, 0) is 43.7 Å². The van der Waals surface area contributed by atoms with Crippen LogP contribution in [0.25, 0.3) is 10.8 Å². The topological polar surface area (TPSA) is 18.5 Å². The normalized spacial score (nSPS) is 11.1. The molecule has 2 aromatic carbocycles. The van der Waals surface area contributed by atoms with E-state index in [-0.39, 0.29) is 0 Å². The fourth-order valence-corrected chi connectivity index (χ4v) is 3.55. The molecule has 27 heavy (non-hydrogen) atoms. The van der Waals surface area contributed by atoms with E-state index in [0.29, 0.717) is 0 Å². The minimum atomic E-state index is 0.730. The molecular formula is C24H35ClO2. The van der Waals surface area contributed by atoms with Gasteiger partial charge in [-0.25, -0.2) is 0 Å². The van der Waals surface area contributed by atoms with Crippen molar-refractivity contribution in [2.75, 3.05) is 19.1 Å². The highest BCUT2D eigenvalue weighted by atomic mass is 35.5. The average molecular weight is 391 g/mol. The summed E-state index contributed by atoms with van der Waals surface area (Å²) >= 11 is 5.75. The van der Waals surface area contributed by atoms with Gasteiger partial charge in [0.2, 0.25) is 0 Å². The SMILES string of the molecule is CCCCCCCOc1c(CC)cc(OCCCCCCl)c2ccccc12. The first kappa shape index (κ1) is 21.9. The van der Waals surface area contributed by atoms with Crippen molar-refractivity contribution in [3.05, 3.63) is 35.9 Å². The summed E-state index contributed by atoms with van der Waals surface area (Å²) in [4.78, 5) is 0. The molecule has 0 aliphatic carbocycles. The molecule has 0 bridgehead atoms. The minimum absolute atomic E-state index is 0.730. The highest BCUT2D eigenvalue weighted by molar-refractivity contribution is 6.17. The molecule has 0 N–H and O–H groups in total. The quantitative estimate of drug-likeness (QED) is 0.245. The zero-order valence-corrected chi connectivity index (χ0v) is 17.8. The maximum atomic E-state index is 6.26. The third-order valence-electron chi connectivity index (χ3n) is 4.94. The lowest BCUT2D eigenvalue weighted by atomic mass is 10.0. The summed E-state index contributed by atoms with van der Waals surface area (Å²) in [5.74, 6) is 2.75. The Balaban J connectivity index is 2.09. The van der Waals surface area contributed by atoms with Crippen LogP contribution >= 0.6 is 11.6 Å². The number of aryl methyl sites for hydroxylation is 1. The Labute approximate surface area is 170 Å².